The Balaban J connectivity index is 1.54. The number of likely N-dealkylation sites (N-methyl/N-ethyl adjacent to an activating group) is 1. The molecular weight excluding hydrogens is 352 g/mol. The second kappa shape index (κ2) is 5.54. The van der Waals surface area contributed by atoms with Crippen LogP contribution in [0.2, 0.25) is 0 Å². The van der Waals surface area contributed by atoms with Crippen molar-refractivity contribution in [1.29, 1.82) is 0 Å². The van der Waals surface area contributed by atoms with Gasteiger partial charge in [-0.3, -0.25) is 0 Å². The summed E-state index contributed by atoms with van der Waals surface area (Å²) in [5.74, 6) is 0. The van der Waals surface area contributed by atoms with Gasteiger partial charge in [0.05, 0.1) is 5.70 Å². The molecule has 3 aliphatic rings. The van der Waals surface area contributed by atoms with Crippen LogP contribution in [0.4, 0.5) is 5.69 Å². The van der Waals surface area contributed by atoms with Crippen molar-refractivity contribution in [3.63, 3.8) is 0 Å². The molecule has 3 aromatic carbocycles. The smallest absolute Gasteiger partial charge is 0.110 e. The van der Waals surface area contributed by atoms with E-state index in [9.17, 15) is 0 Å². The Labute approximate surface area is 173 Å². The predicted molar refractivity (Wildman–Crippen MR) is 121 cm³/mol. The van der Waals surface area contributed by atoms with Gasteiger partial charge >= 0.3 is 0 Å². The summed E-state index contributed by atoms with van der Waals surface area (Å²) >= 11 is 0. The molecule has 3 aromatic rings. The fraction of sp³-hybridized carbons (Fsp3) is 0.259. The summed E-state index contributed by atoms with van der Waals surface area (Å²) < 4.78 is 0. The van der Waals surface area contributed by atoms with Crippen molar-refractivity contribution < 1.29 is 0 Å². The molecule has 0 radical (unpaired) electrons. The normalized spacial score (nSPS) is 20.3. The lowest BCUT2D eigenvalue weighted by atomic mass is 9.82. The molecule has 1 aliphatic carbocycles. The zero-order valence-electron chi connectivity index (χ0n) is 17.5. The van der Waals surface area contributed by atoms with Crippen LogP contribution in [0.15, 0.2) is 66.9 Å². The van der Waals surface area contributed by atoms with Crippen LogP contribution in [0.25, 0.3) is 16.8 Å². The van der Waals surface area contributed by atoms with Crippen LogP contribution in [-0.2, 0) is 11.8 Å². The third kappa shape index (κ3) is 2.12. The molecule has 2 heterocycles. The van der Waals surface area contributed by atoms with Gasteiger partial charge in [0.25, 0.3) is 0 Å². The Morgan fingerprint density at radius 3 is 2.38 bits per heavy atom. The first kappa shape index (κ1) is 16.9. The predicted octanol–water partition coefficient (Wildman–Crippen LogP) is 5.93. The van der Waals surface area contributed by atoms with E-state index in [4.69, 9.17) is 0 Å². The summed E-state index contributed by atoms with van der Waals surface area (Å²) in [7, 11) is 2.21. The highest BCUT2D eigenvalue weighted by Gasteiger charge is 2.42. The fourth-order valence-corrected chi connectivity index (χ4v) is 5.63. The zero-order chi connectivity index (χ0) is 19.9. The van der Waals surface area contributed by atoms with E-state index in [0.717, 1.165) is 6.42 Å². The van der Waals surface area contributed by atoms with Crippen molar-refractivity contribution in [2.24, 2.45) is 0 Å². The average Bonchev–Trinajstić information content (AvgIpc) is 3.31. The zero-order valence-corrected chi connectivity index (χ0v) is 17.5. The van der Waals surface area contributed by atoms with Crippen LogP contribution in [0.5, 0.6) is 0 Å². The van der Waals surface area contributed by atoms with Gasteiger partial charge in [0.15, 0.2) is 0 Å². The lowest BCUT2D eigenvalue weighted by Crippen LogP contribution is -2.34. The Morgan fingerprint density at radius 2 is 1.59 bits per heavy atom. The van der Waals surface area contributed by atoms with E-state index in [0.29, 0.717) is 6.17 Å². The van der Waals surface area contributed by atoms with Crippen LogP contribution in [-0.4, -0.2) is 18.1 Å². The molecule has 0 bridgehead atoms. The first-order chi connectivity index (χ1) is 14.0. The summed E-state index contributed by atoms with van der Waals surface area (Å²) in [6.07, 6.45) is 3.76. The molecule has 2 heteroatoms. The van der Waals surface area contributed by atoms with E-state index in [1.807, 2.05) is 0 Å². The van der Waals surface area contributed by atoms with Gasteiger partial charge in [0, 0.05) is 36.3 Å². The molecule has 144 valence electrons. The monoisotopic (exact) mass is 378 g/mol. The summed E-state index contributed by atoms with van der Waals surface area (Å²) in [5, 5.41) is 0. The Morgan fingerprint density at radius 1 is 0.862 bits per heavy atom. The number of rotatable bonds is 1. The minimum Gasteiger partial charge on any atom is -0.358 e. The van der Waals surface area contributed by atoms with E-state index in [2.05, 4.69) is 104 Å². The highest BCUT2D eigenvalue weighted by molar-refractivity contribution is 5.90. The molecule has 0 aromatic heterocycles. The van der Waals surface area contributed by atoms with Crippen LogP contribution >= 0.6 is 0 Å². The maximum atomic E-state index is 2.57. The summed E-state index contributed by atoms with van der Waals surface area (Å²) in [5.41, 5.74) is 12.6. The van der Waals surface area contributed by atoms with Crippen molar-refractivity contribution in [2.45, 2.75) is 38.8 Å². The SMILES string of the molecule is Cc1ccccc1C1=CN(C)[C@@H]2Cc3cc4c(cc3N12)C(C)(C)c1ccccc1-4. The van der Waals surface area contributed by atoms with Crippen molar-refractivity contribution >= 4 is 11.4 Å². The van der Waals surface area contributed by atoms with Crippen molar-refractivity contribution in [2.75, 3.05) is 11.9 Å². The molecule has 0 N–H and O–H groups in total. The first-order valence-corrected chi connectivity index (χ1v) is 10.5. The number of aryl methyl sites for hydroxylation is 1. The second-order valence-corrected chi connectivity index (χ2v) is 9.25. The van der Waals surface area contributed by atoms with Gasteiger partial charge < -0.3 is 9.80 Å². The second-order valence-electron chi connectivity index (χ2n) is 9.25. The van der Waals surface area contributed by atoms with E-state index < -0.39 is 0 Å². The summed E-state index contributed by atoms with van der Waals surface area (Å²) in [6.45, 7) is 6.94. The quantitative estimate of drug-likeness (QED) is 0.517. The van der Waals surface area contributed by atoms with Gasteiger partial charge in [-0.1, -0.05) is 62.4 Å². The van der Waals surface area contributed by atoms with Crippen LogP contribution in [0.1, 0.15) is 41.7 Å². The van der Waals surface area contributed by atoms with Gasteiger partial charge in [-0.15, -0.1) is 0 Å². The molecule has 0 fully saturated rings. The third-order valence-electron chi connectivity index (χ3n) is 7.22. The number of anilines is 1. The molecule has 0 saturated carbocycles. The molecule has 6 rings (SSSR count). The van der Waals surface area contributed by atoms with E-state index >= 15 is 0 Å². The fourth-order valence-electron chi connectivity index (χ4n) is 5.63. The minimum absolute atomic E-state index is 0.0389. The van der Waals surface area contributed by atoms with Gasteiger partial charge in [-0.05, 0) is 52.4 Å². The van der Waals surface area contributed by atoms with Crippen molar-refractivity contribution in [1.82, 2.24) is 4.90 Å². The highest BCUT2D eigenvalue weighted by atomic mass is 15.4. The molecule has 2 aliphatic heterocycles. The Kier molecular flexibility index (Phi) is 3.23. The molecule has 0 spiro atoms. The van der Waals surface area contributed by atoms with Gasteiger partial charge in [0.1, 0.15) is 6.17 Å². The lowest BCUT2D eigenvalue weighted by Gasteiger charge is -2.28. The molecular formula is C27H26N2. The number of hydrogen-bond donors (Lipinski definition) is 0. The number of hydrogen-bond acceptors (Lipinski definition) is 2. The topological polar surface area (TPSA) is 6.48 Å². The average molecular weight is 379 g/mol. The van der Waals surface area contributed by atoms with E-state index in [-0.39, 0.29) is 5.41 Å². The van der Waals surface area contributed by atoms with E-state index in [1.165, 1.54) is 50.3 Å². The largest absolute Gasteiger partial charge is 0.358 e. The Hall–Kier alpha value is -3.00. The molecule has 0 saturated heterocycles. The summed E-state index contributed by atoms with van der Waals surface area (Å²) in [4.78, 5) is 4.95. The van der Waals surface area contributed by atoms with E-state index in [1.54, 1.807) is 0 Å². The molecule has 0 unspecified atom stereocenters. The van der Waals surface area contributed by atoms with Crippen LogP contribution in [0.3, 0.4) is 0 Å². The molecule has 1 atom stereocenters. The number of nitrogens with zero attached hydrogens (tertiary/aromatic N) is 2. The first-order valence-electron chi connectivity index (χ1n) is 10.5. The van der Waals surface area contributed by atoms with Gasteiger partial charge in [0.2, 0.25) is 0 Å². The Bertz CT molecular complexity index is 1200. The number of fused-ring (bicyclic) bond motifs is 6. The van der Waals surface area contributed by atoms with Crippen molar-refractivity contribution in [3.05, 3.63) is 94.7 Å². The standard InChI is InChI=1S/C27H26N2/c1-17-9-5-6-10-19(17)25-16-28(4)26-14-18-13-21-20-11-7-8-12-22(20)27(2,3)23(21)15-24(18)29(25)26/h5-13,15-16,26H,14H2,1-4H3/t26-/m0/s1. The maximum Gasteiger partial charge on any atom is 0.110 e. The summed E-state index contributed by atoms with van der Waals surface area (Å²) in [6, 6.07) is 22.6. The molecule has 2 nitrogen and oxygen atoms in total. The van der Waals surface area contributed by atoms with Gasteiger partial charge in [-0.25, -0.2) is 0 Å². The van der Waals surface area contributed by atoms with Crippen LogP contribution in [0, 0.1) is 6.92 Å². The molecule has 0 amide bonds. The highest BCUT2D eigenvalue weighted by Crippen LogP contribution is 2.53. The van der Waals surface area contributed by atoms with Crippen LogP contribution < -0.4 is 4.90 Å². The lowest BCUT2D eigenvalue weighted by molar-refractivity contribution is 0.369. The number of benzene rings is 3. The molecule has 29 heavy (non-hydrogen) atoms. The van der Waals surface area contributed by atoms with Gasteiger partial charge in [-0.2, -0.15) is 0 Å². The maximum absolute atomic E-state index is 2.57. The minimum atomic E-state index is 0.0389. The van der Waals surface area contributed by atoms with Crippen molar-refractivity contribution in [3.8, 4) is 11.1 Å². The third-order valence-corrected chi connectivity index (χ3v) is 7.22.